The van der Waals surface area contributed by atoms with E-state index in [4.69, 9.17) is 0 Å². The van der Waals surface area contributed by atoms with Crippen molar-refractivity contribution in [2.24, 2.45) is 0 Å². The standard InChI is InChI=1S/C14H14FN5S/c1-2-6-16-14-18-12-11(8-17-20-12)13(19-14)21-10-5-3-4-9(15)7-10/h3-5,7-8H,2,6H2,1H3,(H2,16,17,18,19,20). The highest BCUT2D eigenvalue weighted by Crippen LogP contribution is 2.31. The SMILES string of the molecule is CCCNc1nc(Sc2cccc(F)c2)c2cn[nH]c2n1. The smallest absolute Gasteiger partial charge is 0.225 e. The summed E-state index contributed by atoms with van der Waals surface area (Å²) < 4.78 is 13.3. The maximum atomic E-state index is 13.3. The third-order valence-electron chi connectivity index (χ3n) is 2.82. The van der Waals surface area contributed by atoms with Gasteiger partial charge in [0.05, 0.1) is 11.6 Å². The molecule has 0 aliphatic carbocycles. The number of nitrogens with one attached hydrogen (secondary N) is 2. The molecule has 0 spiro atoms. The first-order chi connectivity index (χ1) is 10.3. The molecule has 0 amide bonds. The van der Waals surface area contributed by atoms with Gasteiger partial charge in [0.1, 0.15) is 10.8 Å². The van der Waals surface area contributed by atoms with Crippen LogP contribution in [-0.2, 0) is 0 Å². The second kappa shape index (κ2) is 6.09. The molecule has 1 aromatic carbocycles. The van der Waals surface area contributed by atoms with E-state index in [1.165, 1.54) is 23.9 Å². The summed E-state index contributed by atoms with van der Waals surface area (Å²) in [6, 6.07) is 6.44. The van der Waals surface area contributed by atoms with Crippen LogP contribution in [0.5, 0.6) is 0 Å². The Labute approximate surface area is 125 Å². The molecule has 0 saturated heterocycles. The fourth-order valence-corrected chi connectivity index (χ4v) is 2.78. The van der Waals surface area contributed by atoms with Crippen molar-refractivity contribution >= 4 is 28.7 Å². The van der Waals surface area contributed by atoms with Crippen LogP contribution in [0, 0.1) is 5.82 Å². The summed E-state index contributed by atoms with van der Waals surface area (Å²) in [7, 11) is 0. The minimum absolute atomic E-state index is 0.262. The fraction of sp³-hybridized carbons (Fsp3) is 0.214. The zero-order chi connectivity index (χ0) is 14.7. The molecule has 2 aromatic heterocycles. The maximum Gasteiger partial charge on any atom is 0.225 e. The average Bonchev–Trinajstić information content (AvgIpc) is 2.94. The molecule has 0 fully saturated rings. The first-order valence-corrected chi connectivity index (χ1v) is 7.46. The number of rotatable bonds is 5. The van der Waals surface area contributed by atoms with Crippen molar-refractivity contribution in [1.29, 1.82) is 0 Å². The van der Waals surface area contributed by atoms with Gasteiger partial charge >= 0.3 is 0 Å². The molecular formula is C14H14FN5S. The van der Waals surface area contributed by atoms with Crippen LogP contribution in [0.25, 0.3) is 11.0 Å². The third-order valence-corrected chi connectivity index (χ3v) is 3.81. The molecule has 5 nitrogen and oxygen atoms in total. The van der Waals surface area contributed by atoms with E-state index in [9.17, 15) is 4.39 Å². The normalized spacial score (nSPS) is 11.0. The van der Waals surface area contributed by atoms with Gasteiger partial charge in [-0.2, -0.15) is 10.1 Å². The molecule has 0 aliphatic heterocycles. The molecular weight excluding hydrogens is 289 g/mol. The van der Waals surface area contributed by atoms with Crippen LogP contribution in [-0.4, -0.2) is 26.7 Å². The lowest BCUT2D eigenvalue weighted by Gasteiger charge is -2.06. The first-order valence-electron chi connectivity index (χ1n) is 6.64. The van der Waals surface area contributed by atoms with Gasteiger partial charge in [-0.05, 0) is 24.6 Å². The maximum absolute atomic E-state index is 13.3. The van der Waals surface area contributed by atoms with E-state index >= 15 is 0 Å². The molecule has 0 bridgehead atoms. The number of halogens is 1. The minimum atomic E-state index is -0.262. The molecule has 7 heteroatoms. The van der Waals surface area contributed by atoms with E-state index in [2.05, 4.69) is 32.4 Å². The summed E-state index contributed by atoms with van der Waals surface area (Å²) in [5, 5.41) is 11.6. The monoisotopic (exact) mass is 303 g/mol. The van der Waals surface area contributed by atoms with Crippen LogP contribution >= 0.6 is 11.8 Å². The number of benzene rings is 1. The van der Waals surface area contributed by atoms with E-state index in [0.717, 1.165) is 28.3 Å². The molecule has 0 radical (unpaired) electrons. The van der Waals surface area contributed by atoms with Crippen LogP contribution in [0.3, 0.4) is 0 Å². The summed E-state index contributed by atoms with van der Waals surface area (Å²) in [6.45, 7) is 2.87. The zero-order valence-corrected chi connectivity index (χ0v) is 12.2. The molecule has 0 aliphatic rings. The lowest BCUT2D eigenvalue weighted by molar-refractivity contribution is 0.624. The van der Waals surface area contributed by atoms with Gasteiger partial charge < -0.3 is 5.32 Å². The number of anilines is 1. The Morgan fingerprint density at radius 1 is 1.33 bits per heavy atom. The largest absolute Gasteiger partial charge is 0.354 e. The number of aromatic amines is 1. The van der Waals surface area contributed by atoms with Gasteiger partial charge in [0.2, 0.25) is 5.95 Å². The molecule has 2 heterocycles. The molecule has 3 rings (SSSR count). The van der Waals surface area contributed by atoms with E-state index in [1.54, 1.807) is 12.3 Å². The molecule has 3 aromatic rings. The number of fused-ring (bicyclic) bond motifs is 1. The zero-order valence-electron chi connectivity index (χ0n) is 11.4. The number of H-pyrrole nitrogens is 1. The van der Waals surface area contributed by atoms with E-state index in [-0.39, 0.29) is 5.82 Å². The fourth-order valence-electron chi connectivity index (χ4n) is 1.84. The molecule has 0 atom stereocenters. The molecule has 0 saturated carbocycles. The van der Waals surface area contributed by atoms with Crippen molar-refractivity contribution in [2.45, 2.75) is 23.3 Å². The average molecular weight is 303 g/mol. The predicted octanol–water partition coefficient (Wildman–Crippen LogP) is 3.47. The second-order valence-corrected chi connectivity index (χ2v) is 5.53. The van der Waals surface area contributed by atoms with E-state index in [0.29, 0.717) is 11.6 Å². The molecule has 108 valence electrons. The van der Waals surface area contributed by atoms with Gasteiger partial charge in [-0.3, -0.25) is 5.10 Å². The second-order valence-electron chi connectivity index (χ2n) is 4.47. The van der Waals surface area contributed by atoms with Crippen LogP contribution < -0.4 is 5.32 Å². The van der Waals surface area contributed by atoms with Crippen molar-refractivity contribution in [1.82, 2.24) is 20.2 Å². The summed E-state index contributed by atoms with van der Waals surface area (Å²) in [6.07, 6.45) is 2.66. The van der Waals surface area contributed by atoms with E-state index < -0.39 is 0 Å². The van der Waals surface area contributed by atoms with Crippen LogP contribution in [0.15, 0.2) is 40.4 Å². The Morgan fingerprint density at radius 2 is 2.24 bits per heavy atom. The lowest BCUT2D eigenvalue weighted by Crippen LogP contribution is -2.05. The lowest BCUT2D eigenvalue weighted by atomic mass is 10.4. The molecule has 21 heavy (non-hydrogen) atoms. The van der Waals surface area contributed by atoms with E-state index in [1.807, 2.05) is 6.07 Å². The summed E-state index contributed by atoms with van der Waals surface area (Å²) in [5.41, 5.74) is 0.669. The van der Waals surface area contributed by atoms with Gasteiger partial charge in [-0.1, -0.05) is 24.8 Å². The third kappa shape index (κ3) is 3.13. The molecule has 2 N–H and O–H groups in total. The summed E-state index contributed by atoms with van der Waals surface area (Å²) in [5.74, 6) is 0.286. The highest BCUT2D eigenvalue weighted by atomic mass is 32.2. The Bertz CT molecular complexity index is 758. The predicted molar refractivity (Wildman–Crippen MR) is 81.0 cm³/mol. The summed E-state index contributed by atoms with van der Waals surface area (Å²) in [4.78, 5) is 9.65. The van der Waals surface area contributed by atoms with Crippen molar-refractivity contribution in [3.8, 4) is 0 Å². The first kappa shape index (κ1) is 13.8. The van der Waals surface area contributed by atoms with Crippen molar-refractivity contribution in [2.75, 3.05) is 11.9 Å². The highest BCUT2D eigenvalue weighted by Gasteiger charge is 2.11. The van der Waals surface area contributed by atoms with Crippen molar-refractivity contribution in [3.05, 3.63) is 36.3 Å². The van der Waals surface area contributed by atoms with Crippen molar-refractivity contribution in [3.63, 3.8) is 0 Å². The Hall–Kier alpha value is -2.15. The van der Waals surface area contributed by atoms with Crippen LogP contribution in [0.4, 0.5) is 10.3 Å². The number of aromatic nitrogens is 4. The number of nitrogens with zero attached hydrogens (tertiary/aromatic N) is 3. The van der Waals surface area contributed by atoms with Gasteiger partial charge in [0.25, 0.3) is 0 Å². The Balaban J connectivity index is 1.97. The Kier molecular flexibility index (Phi) is 4.01. The topological polar surface area (TPSA) is 66.5 Å². The Morgan fingerprint density at radius 3 is 3.05 bits per heavy atom. The van der Waals surface area contributed by atoms with Crippen LogP contribution in [0.1, 0.15) is 13.3 Å². The van der Waals surface area contributed by atoms with Crippen LogP contribution in [0.2, 0.25) is 0 Å². The number of hydrogen-bond donors (Lipinski definition) is 2. The minimum Gasteiger partial charge on any atom is -0.354 e. The highest BCUT2D eigenvalue weighted by molar-refractivity contribution is 7.99. The number of hydrogen-bond acceptors (Lipinski definition) is 5. The summed E-state index contributed by atoms with van der Waals surface area (Å²) >= 11 is 1.39. The molecule has 0 unspecified atom stereocenters. The van der Waals surface area contributed by atoms with Gasteiger partial charge in [-0.15, -0.1) is 0 Å². The van der Waals surface area contributed by atoms with Gasteiger partial charge in [0, 0.05) is 11.4 Å². The van der Waals surface area contributed by atoms with Gasteiger partial charge in [0.15, 0.2) is 5.65 Å². The van der Waals surface area contributed by atoms with Crippen molar-refractivity contribution < 1.29 is 4.39 Å². The van der Waals surface area contributed by atoms with Gasteiger partial charge in [-0.25, -0.2) is 9.37 Å². The quantitative estimate of drug-likeness (QED) is 0.707.